The Morgan fingerprint density at radius 2 is 1.10 bits per heavy atom. The van der Waals surface area contributed by atoms with Gasteiger partial charge in [0.1, 0.15) is 0 Å². The van der Waals surface area contributed by atoms with Gasteiger partial charge < -0.3 is 0 Å². The van der Waals surface area contributed by atoms with Gasteiger partial charge in [0.15, 0.2) is 0 Å². The molecule has 0 heterocycles. The van der Waals surface area contributed by atoms with E-state index in [2.05, 4.69) is 20.3 Å². The first-order chi connectivity index (χ1) is 4.85. The van der Waals surface area contributed by atoms with Gasteiger partial charge in [-0.25, -0.2) is 0 Å². The van der Waals surface area contributed by atoms with E-state index in [4.69, 9.17) is 0 Å². The van der Waals surface area contributed by atoms with Crippen LogP contribution in [0.1, 0.15) is 20.8 Å². The summed E-state index contributed by atoms with van der Waals surface area (Å²) in [6.45, 7) is 7.23. The molecule has 0 saturated heterocycles. The van der Waals surface area contributed by atoms with Crippen LogP contribution in [0.15, 0.2) is 0 Å². The average molecular weight is 463 g/mol. The van der Waals surface area contributed by atoms with E-state index in [1.54, 1.807) is 13.3 Å². The van der Waals surface area contributed by atoms with Crippen LogP contribution in [0, 0.1) is 0 Å². The molecule has 4 heteroatoms. The topological polar surface area (TPSA) is 3.24 Å². The average Bonchev–Trinajstić information content (AvgIpc) is 1.90. The molecule has 0 amide bonds. The molecule has 10 heavy (non-hydrogen) atoms. The van der Waals surface area contributed by atoms with Crippen LogP contribution in [0.3, 0.4) is 0 Å². The predicted octanol–water partition coefficient (Wildman–Crippen LogP) is -0.146. The van der Waals surface area contributed by atoms with Crippen molar-refractivity contribution in [1.82, 2.24) is -0.435 Å². The van der Waals surface area contributed by atoms with Gasteiger partial charge in [0, 0.05) is 0 Å². The van der Waals surface area contributed by atoms with Gasteiger partial charge in [-0.15, -0.1) is 0 Å². The molecule has 1 nitrogen and oxygen atoms in total. The maximum atomic E-state index is 3.17. The van der Waals surface area contributed by atoms with Crippen LogP contribution in [0.25, 0.3) is 0 Å². The van der Waals surface area contributed by atoms with Crippen molar-refractivity contribution in [3.05, 3.63) is 0 Å². The van der Waals surface area contributed by atoms with E-state index >= 15 is 0 Å². The zero-order valence-corrected chi connectivity index (χ0v) is 19.8. The summed E-state index contributed by atoms with van der Waals surface area (Å²) in [6.07, 6.45) is 0. The van der Waals surface area contributed by atoms with E-state index in [0.29, 0.717) is 0 Å². The summed E-state index contributed by atoms with van der Waals surface area (Å²) in [5.74, 6) is 0. The van der Waals surface area contributed by atoms with E-state index in [1.165, 1.54) is 0 Å². The standard InChI is InChI=1S/3C2H5.N.3Sn.6H/c3*1-2;;;;;;;;;;/h3*1H2,2H3;;;;;;;;;;. The number of hydrogen-bond acceptors (Lipinski definition) is 1. The van der Waals surface area contributed by atoms with Crippen molar-refractivity contribution in [3.63, 3.8) is 0 Å². The van der Waals surface area contributed by atoms with Crippen molar-refractivity contribution in [2.45, 2.75) is 34.1 Å². The molecule has 0 atom stereocenters. The van der Waals surface area contributed by atoms with Crippen LogP contribution < -0.4 is 0 Å². The van der Waals surface area contributed by atoms with Gasteiger partial charge in [0.2, 0.25) is 0 Å². The van der Waals surface area contributed by atoms with Crippen LogP contribution in [-0.4, -0.2) is 63.8 Å². The normalized spacial score (nSPS) is 14.4. The van der Waals surface area contributed by atoms with Crippen molar-refractivity contribution < 1.29 is 0 Å². The Hall–Kier alpha value is 2.36. The molecule has 0 aliphatic heterocycles. The Morgan fingerprint density at radius 1 is 0.800 bits per heavy atom. The number of nitrogens with zero attached hydrogens (tertiary/aromatic N) is 1. The van der Waals surface area contributed by atoms with Gasteiger partial charge >= 0.3 is 97.9 Å². The molecule has 0 aliphatic rings. The van der Waals surface area contributed by atoms with Gasteiger partial charge in [-0.1, -0.05) is 0 Å². The summed E-state index contributed by atoms with van der Waals surface area (Å²) in [4.78, 5) is 0. The van der Waals surface area contributed by atoms with Crippen molar-refractivity contribution in [1.29, 1.82) is 0 Å². The molecule has 0 unspecified atom stereocenters. The molecule has 0 aliphatic carbocycles. The summed E-state index contributed by atoms with van der Waals surface area (Å²) in [5.41, 5.74) is 0. The van der Waals surface area contributed by atoms with Crippen molar-refractivity contribution in [2.75, 3.05) is 0 Å². The van der Waals surface area contributed by atoms with E-state index in [1.807, 2.05) is 0 Å². The van der Waals surface area contributed by atoms with Crippen molar-refractivity contribution >= 4 is 64.2 Å². The second-order valence-corrected chi connectivity index (χ2v) is 44.7. The molecule has 0 aromatic heterocycles. The molecular formula is C6H21NSn3. The molecule has 0 aromatic carbocycles. The first kappa shape index (κ1) is 12.4. The van der Waals surface area contributed by atoms with Gasteiger partial charge in [0.05, 0.1) is 0 Å². The zero-order chi connectivity index (χ0) is 7.82. The van der Waals surface area contributed by atoms with E-state index in [0.717, 1.165) is 0 Å². The molecule has 0 aromatic rings. The minimum absolute atomic E-state index is 0.246. The molecule has 0 saturated carbocycles. The summed E-state index contributed by atoms with van der Waals surface area (Å²) in [6, 6.07) is 0. The van der Waals surface area contributed by atoms with Crippen LogP contribution >= 0.6 is 0 Å². The maximum absolute atomic E-state index is 3.17. The fraction of sp³-hybridized carbons (Fsp3) is 1.00. The predicted molar refractivity (Wildman–Crippen MR) is 58.9 cm³/mol. The van der Waals surface area contributed by atoms with Crippen molar-refractivity contribution in [2.24, 2.45) is 0 Å². The second kappa shape index (κ2) is 9.44. The van der Waals surface area contributed by atoms with Crippen LogP contribution in [0.2, 0.25) is 13.3 Å². The molecule has 62 valence electrons. The first-order valence-corrected chi connectivity index (χ1v) is 18.5. The molecule has 0 rings (SSSR count). The van der Waals surface area contributed by atoms with E-state index in [-0.39, 0.29) is 64.2 Å². The zero-order valence-electron chi connectivity index (χ0n) is 7.69. The third-order valence-corrected chi connectivity index (χ3v) is 47.2. The Labute approximate surface area is 96.4 Å². The van der Waals surface area contributed by atoms with E-state index < -0.39 is 0 Å². The molecule has 0 spiro atoms. The number of hydrogen-bond donors (Lipinski definition) is 0. The monoisotopic (exact) mass is 467 g/mol. The number of rotatable bonds is 6. The summed E-state index contributed by atoms with van der Waals surface area (Å²) < 4.78 is 7.99. The molecule has 0 N–H and O–H groups in total. The van der Waals surface area contributed by atoms with E-state index in [9.17, 15) is 0 Å². The Balaban J connectivity index is 3.30. The molecule has 0 bridgehead atoms. The quantitative estimate of drug-likeness (QED) is 0.496. The molecule has 0 fully saturated rings. The van der Waals surface area contributed by atoms with Crippen LogP contribution in [0.5, 0.6) is 0 Å². The SMILES string of the molecule is C[CH2][SnH2][N]([SnH2][CH2]C)[SnH2][CH2]C. The third-order valence-electron chi connectivity index (χ3n) is 1.62. The summed E-state index contributed by atoms with van der Waals surface area (Å²) in [5, 5.41) is 0. The van der Waals surface area contributed by atoms with Gasteiger partial charge in [0.25, 0.3) is 0 Å². The Morgan fingerprint density at radius 3 is 1.30 bits per heavy atom. The summed E-state index contributed by atoms with van der Waals surface area (Å²) in [7, 11) is 0. The minimum atomic E-state index is -0.246. The van der Waals surface area contributed by atoms with Crippen molar-refractivity contribution in [3.8, 4) is 0 Å². The van der Waals surface area contributed by atoms with Gasteiger partial charge in [-0.3, -0.25) is 0 Å². The van der Waals surface area contributed by atoms with Crippen LogP contribution in [-0.2, 0) is 0 Å². The van der Waals surface area contributed by atoms with Gasteiger partial charge in [-0.2, -0.15) is 0 Å². The van der Waals surface area contributed by atoms with Crippen LogP contribution in [0.4, 0.5) is 0 Å². The first-order valence-electron chi connectivity index (χ1n) is 4.57. The Kier molecular flexibility index (Phi) is 11.7. The fourth-order valence-corrected chi connectivity index (χ4v) is 57.8. The van der Waals surface area contributed by atoms with Gasteiger partial charge in [-0.05, 0) is 0 Å². The summed E-state index contributed by atoms with van der Waals surface area (Å²) >= 11 is -0.738. The molecule has 0 radical (unpaired) electrons. The fourth-order valence-electron chi connectivity index (χ4n) is 1.28. The third kappa shape index (κ3) is 7.03. The Bertz CT molecular complexity index is 55.7. The second-order valence-electron chi connectivity index (χ2n) is 2.84. The molecular weight excluding hydrogens is 442 g/mol.